The van der Waals surface area contributed by atoms with Gasteiger partial charge in [-0.15, -0.1) is 10.2 Å². The number of hydrogen-bond donors (Lipinski definition) is 0. The lowest BCUT2D eigenvalue weighted by molar-refractivity contribution is -0.145. The van der Waals surface area contributed by atoms with Crippen LogP contribution in [0.2, 0.25) is 0 Å². The molecule has 5 nitrogen and oxygen atoms in total. The van der Waals surface area contributed by atoms with Gasteiger partial charge in [-0.3, -0.25) is 4.79 Å². The van der Waals surface area contributed by atoms with E-state index in [2.05, 4.69) is 28.6 Å². The van der Waals surface area contributed by atoms with Gasteiger partial charge in [0.15, 0.2) is 0 Å². The van der Waals surface area contributed by atoms with Gasteiger partial charge < -0.3 is 9.30 Å². The minimum atomic E-state index is -0.283. The van der Waals surface area contributed by atoms with Gasteiger partial charge in [0.05, 0.1) is 6.61 Å². The molecule has 20 heavy (non-hydrogen) atoms. The molecule has 2 rings (SSSR count). The molecule has 1 aliphatic heterocycles. The second-order valence-electron chi connectivity index (χ2n) is 5.87. The molecular formula is C15H25N3O2. The fourth-order valence-electron chi connectivity index (χ4n) is 2.79. The third-order valence-corrected chi connectivity index (χ3v) is 3.73. The molecule has 0 bridgehead atoms. The van der Waals surface area contributed by atoms with Crippen molar-refractivity contribution in [1.29, 1.82) is 0 Å². The Balaban J connectivity index is 2.28. The molecule has 1 aromatic rings. The quantitative estimate of drug-likeness (QED) is 0.778. The lowest BCUT2D eigenvalue weighted by Crippen LogP contribution is -2.22. The molecule has 0 radical (unpaired) electrons. The molecule has 2 heterocycles. The predicted molar refractivity (Wildman–Crippen MR) is 76.4 cm³/mol. The summed E-state index contributed by atoms with van der Waals surface area (Å²) in [6.07, 6.45) is 5.24. The van der Waals surface area contributed by atoms with E-state index in [1.54, 1.807) is 0 Å². The minimum absolute atomic E-state index is 0.166. The maximum absolute atomic E-state index is 12.2. The van der Waals surface area contributed by atoms with Crippen LogP contribution >= 0.6 is 0 Å². The second-order valence-corrected chi connectivity index (χ2v) is 5.87. The van der Waals surface area contributed by atoms with E-state index in [0.717, 1.165) is 43.9 Å². The van der Waals surface area contributed by atoms with Crippen molar-refractivity contribution in [2.75, 3.05) is 6.61 Å². The molecule has 0 fully saturated rings. The summed E-state index contributed by atoms with van der Waals surface area (Å²) in [4.78, 5) is 12.2. The summed E-state index contributed by atoms with van der Waals surface area (Å²) in [6.45, 7) is 7.41. The van der Waals surface area contributed by atoms with Gasteiger partial charge in [0.1, 0.15) is 17.6 Å². The number of rotatable bonds is 5. The van der Waals surface area contributed by atoms with E-state index >= 15 is 0 Å². The molecular weight excluding hydrogens is 254 g/mol. The van der Waals surface area contributed by atoms with Gasteiger partial charge in [-0.1, -0.05) is 20.3 Å². The Bertz CT molecular complexity index is 454. The van der Waals surface area contributed by atoms with Crippen LogP contribution in [0.3, 0.4) is 0 Å². The van der Waals surface area contributed by atoms with Gasteiger partial charge in [-0.25, -0.2) is 0 Å². The molecule has 0 aliphatic carbocycles. The van der Waals surface area contributed by atoms with Gasteiger partial charge in [-0.05, 0) is 32.1 Å². The third-order valence-electron chi connectivity index (χ3n) is 3.73. The SMILES string of the molecule is CCOC(=O)C(CC(C)C)c1nnc2n1CCCCC2. The fourth-order valence-corrected chi connectivity index (χ4v) is 2.79. The zero-order chi connectivity index (χ0) is 14.5. The molecule has 0 aromatic carbocycles. The van der Waals surface area contributed by atoms with E-state index < -0.39 is 0 Å². The van der Waals surface area contributed by atoms with E-state index in [9.17, 15) is 4.79 Å². The zero-order valence-corrected chi connectivity index (χ0v) is 12.8. The monoisotopic (exact) mass is 279 g/mol. The molecule has 0 spiro atoms. The van der Waals surface area contributed by atoms with Crippen LogP contribution in [0.15, 0.2) is 0 Å². The lowest BCUT2D eigenvalue weighted by Gasteiger charge is -2.18. The highest BCUT2D eigenvalue weighted by molar-refractivity contribution is 5.77. The van der Waals surface area contributed by atoms with Crippen LogP contribution < -0.4 is 0 Å². The molecule has 1 unspecified atom stereocenters. The molecule has 0 N–H and O–H groups in total. The topological polar surface area (TPSA) is 57.0 Å². The summed E-state index contributed by atoms with van der Waals surface area (Å²) in [5.41, 5.74) is 0. The van der Waals surface area contributed by atoms with Crippen molar-refractivity contribution in [1.82, 2.24) is 14.8 Å². The smallest absolute Gasteiger partial charge is 0.316 e. The average molecular weight is 279 g/mol. The van der Waals surface area contributed by atoms with Crippen LogP contribution in [0.5, 0.6) is 0 Å². The first-order valence-corrected chi connectivity index (χ1v) is 7.72. The van der Waals surface area contributed by atoms with Gasteiger partial charge in [-0.2, -0.15) is 0 Å². The first kappa shape index (κ1) is 15.0. The third kappa shape index (κ3) is 3.38. The van der Waals surface area contributed by atoms with Crippen LogP contribution in [-0.2, 0) is 22.5 Å². The maximum Gasteiger partial charge on any atom is 0.316 e. The van der Waals surface area contributed by atoms with Crippen molar-refractivity contribution in [3.63, 3.8) is 0 Å². The van der Waals surface area contributed by atoms with E-state index in [1.165, 1.54) is 6.42 Å². The van der Waals surface area contributed by atoms with Gasteiger partial charge in [0, 0.05) is 13.0 Å². The first-order chi connectivity index (χ1) is 9.63. The minimum Gasteiger partial charge on any atom is -0.465 e. The van der Waals surface area contributed by atoms with Crippen LogP contribution in [0, 0.1) is 5.92 Å². The standard InChI is InChI=1S/C15H25N3O2/c1-4-20-15(19)12(10-11(2)3)14-17-16-13-8-6-5-7-9-18(13)14/h11-12H,4-10H2,1-3H3. The van der Waals surface area contributed by atoms with Crippen LogP contribution in [0.25, 0.3) is 0 Å². The maximum atomic E-state index is 12.2. The normalized spacial score (nSPS) is 16.6. The second kappa shape index (κ2) is 6.86. The number of carbonyl (C=O) groups excluding carboxylic acids is 1. The highest BCUT2D eigenvalue weighted by atomic mass is 16.5. The number of ether oxygens (including phenoxy) is 1. The molecule has 1 aliphatic rings. The summed E-state index contributed by atoms with van der Waals surface area (Å²) in [6, 6.07) is 0. The molecule has 5 heteroatoms. The van der Waals surface area contributed by atoms with Crippen molar-refractivity contribution in [2.24, 2.45) is 5.92 Å². The highest BCUT2D eigenvalue weighted by Gasteiger charge is 2.29. The van der Waals surface area contributed by atoms with E-state index in [0.29, 0.717) is 12.5 Å². The van der Waals surface area contributed by atoms with Crippen molar-refractivity contribution in [3.05, 3.63) is 11.6 Å². The summed E-state index contributed by atoms with van der Waals surface area (Å²) in [7, 11) is 0. The lowest BCUT2D eigenvalue weighted by atomic mass is 9.96. The molecule has 1 aromatic heterocycles. The Hall–Kier alpha value is -1.39. The number of aromatic nitrogens is 3. The Kier molecular flexibility index (Phi) is 5.15. The Morgan fingerprint density at radius 3 is 2.80 bits per heavy atom. The predicted octanol–water partition coefficient (Wildman–Crippen LogP) is 2.70. The van der Waals surface area contributed by atoms with Crippen LogP contribution in [0.4, 0.5) is 0 Å². The molecule has 1 atom stereocenters. The van der Waals surface area contributed by atoms with Crippen molar-refractivity contribution >= 4 is 5.97 Å². The van der Waals surface area contributed by atoms with Gasteiger partial charge in [0.25, 0.3) is 0 Å². The molecule has 0 amide bonds. The summed E-state index contributed by atoms with van der Waals surface area (Å²) in [5, 5.41) is 8.60. The summed E-state index contributed by atoms with van der Waals surface area (Å²) >= 11 is 0. The first-order valence-electron chi connectivity index (χ1n) is 7.72. The van der Waals surface area contributed by atoms with Gasteiger partial charge in [0.2, 0.25) is 0 Å². The molecule has 112 valence electrons. The number of nitrogens with zero attached hydrogens (tertiary/aromatic N) is 3. The van der Waals surface area contributed by atoms with Crippen molar-refractivity contribution < 1.29 is 9.53 Å². The number of carbonyl (C=O) groups is 1. The van der Waals surface area contributed by atoms with Gasteiger partial charge >= 0.3 is 5.97 Å². The highest BCUT2D eigenvalue weighted by Crippen LogP contribution is 2.26. The fraction of sp³-hybridized carbons (Fsp3) is 0.800. The van der Waals surface area contributed by atoms with Crippen LogP contribution in [-0.4, -0.2) is 27.3 Å². The van der Waals surface area contributed by atoms with E-state index in [4.69, 9.17) is 4.74 Å². The van der Waals surface area contributed by atoms with Crippen LogP contribution in [0.1, 0.15) is 64.0 Å². The van der Waals surface area contributed by atoms with Crippen molar-refractivity contribution in [3.8, 4) is 0 Å². The summed E-state index contributed by atoms with van der Waals surface area (Å²) < 4.78 is 7.38. The van der Waals surface area contributed by atoms with E-state index in [1.807, 2.05) is 6.92 Å². The number of esters is 1. The Morgan fingerprint density at radius 1 is 1.30 bits per heavy atom. The molecule has 0 saturated carbocycles. The Labute approximate surface area is 120 Å². The van der Waals surface area contributed by atoms with E-state index in [-0.39, 0.29) is 11.9 Å². The summed E-state index contributed by atoms with van der Waals surface area (Å²) in [5.74, 6) is 1.79. The van der Waals surface area contributed by atoms with Crippen molar-refractivity contribution in [2.45, 2.75) is 65.3 Å². The number of fused-ring (bicyclic) bond motifs is 1. The average Bonchev–Trinajstić information content (AvgIpc) is 2.65. The molecule has 0 saturated heterocycles. The zero-order valence-electron chi connectivity index (χ0n) is 12.8. The number of hydrogen-bond acceptors (Lipinski definition) is 4. The Morgan fingerprint density at radius 2 is 2.10 bits per heavy atom. The largest absolute Gasteiger partial charge is 0.465 e. The number of aryl methyl sites for hydroxylation is 1.